The van der Waals surface area contributed by atoms with E-state index in [1.54, 1.807) is 6.92 Å². The van der Waals surface area contributed by atoms with E-state index < -0.39 is 54.2 Å². The molecule has 1 aromatic heterocycles. The highest BCUT2D eigenvalue weighted by atomic mass is 19.1. The molecule has 3 rings (SSSR count). The number of halogens is 1. The number of aliphatic hydroxyl groups is 1. The highest BCUT2D eigenvalue weighted by Gasteiger charge is 2.45. The summed E-state index contributed by atoms with van der Waals surface area (Å²) < 4.78 is 37.4. The highest BCUT2D eigenvalue weighted by Crippen LogP contribution is 2.33. The predicted molar refractivity (Wildman–Crippen MR) is 107 cm³/mol. The lowest BCUT2D eigenvalue weighted by atomic mass is 10.1. The fourth-order valence-electron chi connectivity index (χ4n) is 3.65. The number of anilines is 1. The fourth-order valence-corrected chi connectivity index (χ4v) is 3.65. The number of unbranched alkanes of at least 4 members (excludes halogenated alkanes) is 2. The van der Waals surface area contributed by atoms with Gasteiger partial charge in [0, 0.05) is 6.42 Å². The van der Waals surface area contributed by atoms with E-state index >= 15 is 0 Å². The van der Waals surface area contributed by atoms with Crippen LogP contribution < -0.4 is 11.0 Å². The number of carbonyl (C=O) groups is 1. The Labute approximate surface area is 179 Å². The maximum Gasteiger partial charge on any atom is 0.412 e. The zero-order valence-corrected chi connectivity index (χ0v) is 18.0. The first kappa shape index (κ1) is 23.6. The van der Waals surface area contributed by atoms with Crippen molar-refractivity contribution in [2.24, 2.45) is 0 Å². The van der Waals surface area contributed by atoms with E-state index in [1.165, 1.54) is 0 Å². The summed E-state index contributed by atoms with van der Waals surface area (Å²) in [6.07, 6.45) is -0.149. The Morgan fingerprint density at radius 2 is 2.13 bits per heavy atom. The minimum Gasteiger partial charge on any atom is -0.449 e. The third-order valence-electron chi connectivity index (χ3n) is 5.33. The molecule has 2 aliphatic heterocycles. The van der Waals surface area contributed by atoms with Crippen LogP contribution in [0.15, 0.2) is 11.0 Å². The van der Waals surface area contributed by atoms with Gasteiger partial charge < -0.3 is 24.1 Å². The Morgan fingerprint density at radius 1 is 1.35 bits per heavy atom. The largest absolute Gasteiger partial charge is 0.449 e. The first-order valence-electron chi connectivity index (χ1n) is 10.7. The van der Waals surface area contributed by atoms with E-state index in [0.29, 0.717) is 12.8 Å². The third-order valence-corrected chi connectivity index (χ3v) is 5.33. The van der Waals surface area contributed by atoms with Gasteiger partial charge in [-0.1, -0.05) is 19.8 Å². The Balaban J connectivity index is 1.65. The van der Waals surface area contributed by atoms with Crippen molar-refractivity contribution in [3.8, 4) is 0 Å². The molecule has 31 heavy (non-hydrogen) atoms. The van der Waals surface area contributed by atoms with Gasteiger partial charge in [0.2, 0.25) is 0 Å². The van der Waals surface area contributed by atoms with Crippen LogP contribution in [-0.4, -0.2) is 58.1 Å². The molecular weight excluding hydrogens is 413 g/mol. The van der Waals surface area contributed by atoms with Crippen molar-refractivity contribution in [2.75, 3.05) is 11.9 Å². The first-order valence-corrected chi connectivity index (χ1v) is 10.7. The Bertz CT molecular complexity index is 820. The van der Waals surface area contributed by atoms with Gasteiger partial charge in [-0.25, -0.2) is 14.0 Å². The molecule has 10 nitrogen and oxygen atoms in total. The summed E-state index contributed by atoms with van der Waals surface area (Å²) in [5.74, 6) is -1.52. The number of ether oxygens (including phenoxy) is 4. The van der Waals surface area contributed by atoms with Crippen LogP contribution in [0, 0.1) is 5.82 Å². The van der Waals surface area contributed by atoms with Crippen molar-refractivity contribution in [3.05, 3.63) is 22.5 Å². The van der Waals surface area contributed by atoms with Gasteiger partial charge in [0.05, 0.1) is 25.0 Å². The maximum absolute atomic E-state index is 14.5. The molecule has 1 amide bonds. The van der Waals surface area contributed by atoms with Crippen molar-refractivity contribution < 1.29 is 33.2 Å². The molecule has 0 spiro atoms. The summed E-state index contributed by atoms with van der Waals surface area (Å²) in [6.45, 7) is 5.81. The van der Waals surface area contributed by atoms with E-state index in [-0.39, 0.29) is 12.7 Å². The van der Waals surface area contributed by atoms with Crippen molar-refractivity contribution in [1.82, 2.24) is 9.55 Å². The van der Waals surface area contributed by atoms with Crippen molar-refractivity contribution in [3.63, 3.8) is 0 Å². The summed E-state index contributed by atoms with van der Waals surface area (Å²) in [5, 5.41) is 12.8. The van der Waals surface area contributed by atoms with Crippen LogP contribution in [0.3, 0.4) is 0 Å². The topological polar surface area (TPSA) is 121 Å². The van der Waals surface area contributed by atoms with Crippen LogP contribution in [0.25, 0.3) is 0 Å². The number of nitrogens with zero attached hydrogens (tertiary/aromatic N) is 2. The molecule has 2 aliphatic rings. The lowest BCUT2D eigenvalue weighted by molar-refractivity contribution is -0.182. The van der Waals surface area contributed by atoms with Crippen molar-refractivity contribution in [2.45, 2.75) is 89.8 Å². The molecule has 0 saturated carbocycles. The lowest BCUT2D eigenvalue weighted by Gasteiger charge is -2.23. The summed E-state index contributed by atoms with van der Waals surface area (Å²) in [6, 6.07) is 0. The molecule has 0 aliphatic carbocycles. The SMILES string of the molecule is CCCCCOC(=O)Nc1nc(=O)n([C@@H]2O[C@H](C)[C@@H](O[C@@H]3CC[C@@H](C)O3)[C@H]2O)cc1F. The molecule has 3 heterocycles. The van der Waals surface area contributed by atoms with Crippen LogP contribution in [0.1, 0.15) is 59.1 Å². The summed E-state index contributed by atoms with van der Waals surface area (Å²) in [7, 11) is 0. The molecule has 2 N–H and O–H groups in total. The molecule has 174 valence electrons. The van der Waals surface area contributed by atoms with Gasteiger partial charge in [-0.3, -0.25) is 9.88 Å². The van der Waals surface area contributed by atoms with Gasteiger partial charge in [-0.2, -0.15) is 4.98 Å². The van der Waals surface area contributed by atoms with Crippen LogP contribution in [0.4, 0.5) is 15.0 Å². The monoisotopic (exact) mass is 443 g/mol. The Hall–Kier alpha value is -2.08. The molecule has 0 aromatic carbocycles. The smallest absolute Gasteiger partial charge is 0.412 e. The molecule has 0 bridgehead atoms. The van der Waals surface area contributed by atoms with Crippen molar-refractivity contribution in [1.29, 1.82) is 0 Å². The van der Waals surface area contributed by atoms with Crippen LogP contribution in [-0.2, 0) is 18.9 Å². The second kappa shape index (κ2) is 10.5. The molecule has 2 saturated heterocycles. The summed E-state index contributed by atoms with van der Waals surface area (Å²) >= 11 is 0. The normalized spacial score (nSPS) is 30.5. The fraction of sp³-hybridized carbons (Fsp3) is 0.750. The average molecular weight is 443 g/mol. The third kappa shape index (κ3) is 5.79. The highest BCUT2D eigenvalue weighted by molar-refractivity contribution is 5.83. The predicted octanol–water partition coefficient (Wildman–Crippen LogP) is 2.31. The quantitative estimate of drug-likeness (QED) is 0.587. The van der Waals surface area contributed by atoms with Gasteiger partial charge in [0.1, 0.15) is 12.2 Å². The summed E-state index contributed by atoms with van der Waals surface area (Å²) in [4.78, 5) is 27.8. The Morgan fingerprint density at radius 3 is 2.81 bits per heavy atom. The van der Waals surface area contributed by atoms with Crippen LogP contribution >= 0.6 is 0 Å². The number of nitrogens with one attached hydrogen (secondary N) is 1. The molecular formula is C20H30FN3O7. The van der Waals surface area contributed by atoms with Crippen LogP contribution in [0.2, 0.25) is 0 Å². The molecule has 6 atom stereocenters. The molecule has 0 radical (unpaired) electrons. The number of carbonyl (C=O) groups excluding carboxylic acids is 1. The standard InChI is InChI=1S/C20H30FN3O7/c1-4-5-6-9-28-20(27)23-17-13(21)10-24(19(26)22-17)18-15(25)16(12(3)30-18)31-14-8-7-11(2)29-14/h10-12,14-16,18,25H,4-9H2,1-3H3,(H,22,23,26,27)/t11-,12-,14-,15-,16-,18-/m1/s1. The second-order valence-electron chi connectivity index (χ2n) is 7.87. The molecule has 11 heteroatoms. The van der Waals surface area contributed by atoms with Gasteiger partial charge in [-0.15, -0.1) is 0 Å². The number of hydrogen-bond acceptors (Lipinski definition) is 8. The van der Waals surface area contributed by atoms with E-state index in [2.05, 4.69) is 10.3 Å². The number of rotatable bonds is 8. The number of aliphatic hydroxyl groups excluding tert-OH is 1. The molecule has 0 unspecified atom stereocenters. The summed E-state index contributed by atoms with van der Waals surface area (Å²) in [5.41, 5.74) is -0.898. The number of amides is 1. The molecule has 1 aromatic rings. The van der Waals surface area contributed by atoms with Gasteiger partial charge >= 0.3 is 11.8 Å². The molecule has 2 fully saturated rings. The zero-order valence-electron chi connectivity index (χ0n) is 18.0. The van der Waals surface area contributed by atoms with Gasteiger partial charge in [0.25, 0.3) is 0 Å². The second-order valence-corrected chi connectivity index (χ2v) is 7.87. The van der Waals surface area contributed by atoms with Crippen molar-refractivity contribution >= 4 is 11.9 Å². The Kier molecular flexibility index (Phi) is 7.98. The number of aromatic nitrogens is 2. The van der Waals surface area contributed by atoms with Crippen LogP contribution in [0.5, 0.6) is 0 Å². The van der Waals surface area contributed by atoms with E-state index in [9.17, 15) is 19.1 Å². The maximum atomic E-state index is 14.5. The first-order chi connectivity index (χ1) is 14.8. The van der Waals surface area contributed by atoms with Gasteiger partial charge in [-0.05, 0) is 26.7 Å². The van der Waals surface area contributed by atoms with E-state index in [4.69, 9.17) is 18.9 Å². The minimum absolute atomic E-state index is 0.0647. The average Bonchev–Trinajstić information content (AvgIpc) is 3.25. The minimum atomic E-state index is -1.24. The number of hydrogen-bond donors (Lipinski definition) is 2. The van der Waals surface area contributed by atoms with E-state index in [0.717, 1.165) is 30.0 Å². The van der Waals surface area contributed by atoms with E-state index in [1.807, 2.05) is 13.8 Å². The zero-order chi connectivity index (χ0) is 22.5. The van der Waals surface area contributed by atoms with Gasteiger partial charge in [0.15, 0.2) is 24.2 Å². The lowest BCUT2D eigenvalue weighted by Crippen LogP contribution is -2.39.